The topological polar surface area (TPSA) is 88.2 Å². The number of carbonyl (C=O) groups is 1. The predicted octanol–water partition coefficient (Wildman–Crippen LogP) is 1.91. The van der Waals surface area contributed by atoms with Gasteiger partial charge in [0.2, 0.25) is 22.7 Å². The predicted molar refractivity (Wildman–Crippen MR) is 121 cm³/mol. The van der Waals surface area contributed by atoms with Gasteiger partial charge in [0.15, 0.2) is 11.5 Å². The highest BCUT2D eigenvalue weighted by molar-refractivity contribution is 7.88. The van der Waals surface area contributed by atoms with Crippen molar-refractivity contribution in [2.24, 2.45) is 0 Å². The van der Waals surface area contributed by atoms with Crippen LogP contribution < -0.4 is 14.8 Å². The fourth-order valence-corrected chi connectivity index (χ4v) is 5.40. The Hall–Kier alpha value is -2.62. The molecule has 0 aliphatic carbocycles. The normalized spacial score (nSPS) is 16.9. The highest BCUT2D eigenvalue weighted by atomic mass is 32.2. The Morgan fingerprint density at radius 3 is 2.41 bits per heavy atom. The molecule has 1 fully saturated rings. The van der Waals surface area contributed by atoms with Crippen molar-refractivity contribution in [1.82, 2.24) is 14.5 Å². The Kier molecular flexibility index (Phi) is 6.41. The molecule has 0 spiro atoms. The standard InChI is InChI=1S/C23H29N3O5S/c1-23(2,19-8-9-20-21(14-19)31-17-30-20)24-15-22(27)25-10-12-26(13-11-25)32(28,29)16-18-6-4-3-5-7-18/h3-9,14,24H,10-13,15-17H2,1-2H3. The average Bonchev–Trinajstić information content (AvgIpc) is 3.26. The number of carbonyl (C=O) groups excluding carboxylic acids is 1. The van der Waals surface area contributed by atoms with Gasteiger partial charge in [-0.15, -0.1) is 0 Å². The first kappa shape index (κ1) is 22.6. The molecule has 0 unspecified atom stereocenters. The molecule has 2 heterocycles. The number of nitrogens with one attached hydrogen (secondary N) is 1. The lowest BCUT2D eigenvalue weighted by Crippen LogP contribution is -2.53. The minimum atomic E-state index is -3.40. The number of amides is 1. The third-order valence-corrected chi connectivity index (χ3v) is 7.80. The maximum Gasteiger partial charge on any atom is 0.236 e. The number of ether oxygens (including phenoxy) is 2. The van der Waals surface area contributed by atoms with Crippen molar-refractivity contribution in [3.63, 3.8) is 0 Å². The quantitative estimate of drug-likeness (QED) is 0.681. The SMILES string of the molecule is CC(C)(NCC(=O)N1CCN(S(=O)(=O)Cc2ccccc2)CC1)c1ccc2c(c1)OCO2. The summed E-state index contributed by atoms with van der Waals surface area (Å²) in [6, 6.07) is 14.9. The summed E-state index contributed by atoms with van der Waals surface area (Å²) < 4.78 is 37.7. The fraction of sp³-hybridized carbons (Fsp3) is 0.435. The van der Waals surface area contributed by atoms with Gasteiger partial charge in [0.1, 0.15) is 0 Å². The van der Waals surface area contributed by atoms with E-state index in [-0.39, 0.29) is 25.0 Å². The molecule has 32 heavy (non-hydrogen) atoms. The van der Waals surface area contributed by atoms with Crippen molar-refractivity contribution in [2.45, 2.75) is 25.1 Å². The van der Waals surface area contributed by atoms with Crippen LogP contribution in [0.4, 0.5) is 0 Å². The second-order valence-corrected chi connectivity index (χ2v) is 10.5. The van der Waals surface area contributed by atoms with E-state index in [0.717, 1.165) is 16.9 Å². The molecule has 2 aliphatic heterocycles. The number of sulfonamides is 1. The van der Waals surface area contributed by atoms with Gasteiger partial charge in [0.25, 0.3) is 0 Å². The van der Waals surface area contributed by atoms with Crippen LogP contribution in [0.15, 0.2) is 48.5 Å². The van der Waals surface area contributed by atoms with Crippen LogP contribution in [0.5, 0.6) is 11.5 Å². The van der Waals surface area contributed by atoms with Gasteiger partial charge in [0.05, 0.1) is 12.3 Å². The first-order valence-corrected chi connectivity index (χ1v) is 12.3. The van der Waals surface area contributed by atoms with Gasteiger partial charge in [-0.1, -0.05) is 36.4 Å². The van der Waals surface area contributed by atoms with Crippen molar-refractivity contribution in [3.05, 3.63) is 59.7 Å². The summed E-state index contributed by atoms with van der Waals surface area (Å²) in [5.74, 6) is 1.36. The van der Waals surface area contributed by atoms with Gasteiger partial charge in [-0.25, -0.2) is 8.42 Å². The van der Waals surface area contributed by atoms with E-state index in [1.165, 1.54) is 4.31 Å². The molecular formula is C23H29N3O5S. The third kappa shape index (κ3) is 5.06. The number of nitrogens with zero attached hydrogens (tertiary/aromatic N) is 2. The van der Waals surface area contributed by atoms with E-state index < -0.39 is 15.6 Å². The molecule has 1 amide bonds. The van der Waals surface area contributed by atoms with Crippen LogP contribution >= 0.6 is 0 Å². The minimum absolute atomic E-state index is 0.0208. The van der Waals surface area contributed by atoms with Gasteiger partial charge in [-0.3, -0.25) is 10.1 Å². The monoisotopic (exact) mass is 459 g/mol. The average molecular weight is 460 g/mol. The summed E-state index contributed by atoms with van der Waals surface area (Å²) in [4.78, 5) is 14.5. The van der Waals surface area contributed by atoms with Crippen LogP contribution in [0.1, 0.15) is 25.0 Å². The van der Waals surface area contributed by atoms with Crippen LogP contribution in [0, 0.1) is 0 Å². The number of piperazine rings is 1. The molecule has 8 nitrogen and oxygen atoms in total. The number of benzene rings is 2. The summed E-state index contributed by atoms with van der Waals surface area (Å²) in [6.45, 7) is 5.80. The van der Waals surface area contributed by atoms with Crippen molar-refractivity contribution < 1.29 is 22.7 Å². The van der Waals surface area contributed by atoms with Crippen molar-refractivity contribution in [2.75, 3.05) is 39.5 Å². The molecule has 9 heteroatoms. The molecule has 0 bridgehead atoms. The van der Waals surface area contributed by atoms with Gasteiger partial charge in [0, 0.05) is 31.7 Å². The highest BCUT2D eigenvalue weighted by Gasteiger charge is 2.30. The summed E-state index contributed by atoms with van der Waals surface area (Å²) in [6.07, 6.45) is 0. The third-order valence-electron chi connectivity index (χ3n) is 5.95. The second kappa shape index (κ2) is 9.09. The molecule has 0 atom stereocenters. The molecule has 1 N–H and O–H groups in total. The zero-order valence-corrected chi connectivity index (χ0v) is 19.2. The van der Waals surface area contributed by atoms with Gasteiger partial charge in [-0.2, -0.15) is 4.31 Å². The Balaban J connectivity index is 1.29. The molecule has 2 aromatic rings. The molecule has 2 aliphatic rings. The Bertz CT molecular complexity index is 1060. The number of hydrogen-bond donors (Lipinski definition) is 1. The zero-order chi connectivity index (χ0) is 22.8. The molecular weight excluding hydrogens is 430 g/mol. The van der Waals surface area contributed by atoms with E-state index in [4.69, 9.17) is 9.47 Å². The molecule has 172 valence electrons. The number of hydrogen-bond acceptors (Lipinski definition) is 6. The molecule has 2 aromatic carbocycles. The minimum Gasteiger partial charge on any atom is -0.454 e. The van der Waals surface area contributed by atoms with E-state index >= 15 is 0 Å². The molecule has 1 saturated heterocycles. The van der Waals surface area contributed by atoms with Crippen LogP contribution in [0.2, 0.25) is 0 Å². The summed E-state index contributed by atoms with van der Waals surface area (Å²) >= 11 is 0. The van der Waals surface area contributed by atoms with Crippen molar-refractivity contribution in [3.8, 4) is 11.5 Å². The smallest absolute Gasteiger partial charge is 0.236 e. The first-order chi connectivity index (χ1) is 15.2. The summed E-state index contributed by atoms with van der Waals surface area (Å²) in [7, 11) is -3.40. The lowest BCUT2D eigenvalue weighted by Gasteiger charge is -2.35. The molecule has 4 rings (SSSR count). The first-order valence-electron chi connectivity index (χ1n) is 10.7. The molecule has 0 aromatic heterocycles. The van der Waals surface area contributed by atoms with Crippen molar-refractivity contribution >= 4 is 15.9 Å². The van der Waals surface area contributed by atoms with Gasteiger partial charge in [-0.05, 0) is 37.1 Å². The van der Waals surface area contributed by atoms with E-state index in [2.05, 4.69) is 5.32 Å². The van der Waals surface area contributed by atoms with Crippen LogP contribution in [-0.4, -0.2) is 63.0 Å². The Morgan fingerprint density at radius 1 is 1.00 bits per heavy atom. The number of fused-ring (bicyclic) bond motifs is 1. The number of rotatable bonds is 7. The zero-order valence-electron chi connectivity index (χ0n) is 18.4. The Morgan fingerprint density at radius 2 is 1.69 bits per heavy atom. The van der Waals surface area contributed by atoms with E-state index in [1.54, 1.807) is 4.90 Å². The van der Waals surface area contributed by atoms with E-state index in [1.807, 2.05) is 62.4 Å². The highest BCUT2D eigenvalue weighted by Crippen LogP contribution is 2.35. The molecule has 0 saturated carbocycles. The van der Waals surface area contributed by atoms with Crippen molar-refractivity contribution in [1.29, 1.82) is 0 Å². The summed E-state index contributed by atoms with van der Waals surface area (Å²) in [5, 5.41) is 3.32. The van der Waals surface area contributed by atoms with E-state index in [0.29, 0.717) is 31.9 Å². The van der Waals surface area contributed by atoms with Gasteiger partial charge < -0.3 is 14.4 Å². The van der Waals surface area contributed by atoms with Crippen LogP contribution in [0.25, 0.3) is 0 Å². The lowest BCUT2D eigenvalue weighted by atomic mass is 9.94. The lowest BCUT2D eigenvalue weighted by molar-refractivity contribution is -0.131. The molecule has 0 radical (unpaired) electrons. The fourth-order valence-electron chi connectivity index (χ4n) is 3.89. The second-order valence-electron chi connectivity index (χ2n) is 8.57. The van der Waals surface area contributed by atoms with Crippen LogP contribution in [-0.2, 0) is 26.1 Å². The van der Waals surface area contributed by atoms with Crippen LogP contribution in [0.3, 0.4) is 0 Å². The maximum absolute atomic E-state index is 12.8. The van der Waals surface area contributed by atoms with Gasteiger partial charge >= 0.3 is 0 Å². The van der Waals surface area contributed by atoms with E-state index in [9.17, 15) is 13.2 Å². The summed E-state index contributed by atoms with van der Waals surface area (Å²) in [5.41, 5.74) is 1.31. The largest absolute Gasteiger partial charge is 0.454 e. The Labute approximate surface area is 189 Å². The maximum atomic E-state index is 12.8.